The summed E-state index contributed by atoms with van der Waals surface area (Å²) in [5, 5.41) is 0. The van der Waals surface area contributed by atoms with E-state index in [1.54, 1.807) is 0 Å². The van der Waals surface area contributed by atoms with Crippen molar-refractivity contribution in [2.45, 2.75) is 52.2 Å². The van der Waals surface area contributed by atoms with Crippen molar-refractivity contribution in [2.24, 2.45) is 0 Å². The molecule has 0 spiro atoms. The van der Waals surface area contributed by atoms with Crippen molar-refractivity contribution in [2.75, 3.05) is 6.54 Å². The molecular formula is C16H23N3O. The van der Waals surface area contributed by atoms with Gasteiger partial charge in [0.1, 0.15) is 0 Å². The van der Waals surface area contributed by atoms with Gasteiger partial charge in [0.25, 0.3) is 0 Å². The van der Waals surface area contributed by atoms with Gasteiger partial charge in [0.05, 0.1) is 11.0 Å². The maximum atomic E-state index is 12.2. The average Bonchev–Trinajstić information content (AvgIpc) is 2.96. The van der Waals surface area contributed by atoms with Crippen molar-refractivity contribution < 1.29 is 0 Å². The van der Waals surface area contributed by atoms with E-state index in [-0.39, 0.29) is 5.69 Å². The number of imidazole rings is 1. The highest BCUT2D eigenvalue weighted by molar-refractivity contribution is 5.78. The number of para-hydroxylation sites is 1. The highest BCUT2D eigenvalue weighted by Gasteiger charge is 2.27. The van der Waals surface area contributed by atoms with Crippen molar-refractivity contribution in [1.82, 2.24) is 14.5 Å². The van der Waals surface area contributed by atoms with Gasteiger partial charge in [0, 0.05) is 18.6 Å². The number of aryl methyl sites for hydroxylation is 1. The fraction of sp³-hybridized carbons (Fsp3) is 0.562. The van der Waals surface area contributed by atoms with E-state index in [4.69, 9.17) is 0 Å². The normalized spacial score (nSPS) is 20.3. The van der Waals surface area contributed by atoms with Crippen LogP contribution in [0.1, 0.15) is 32.3 Å². The van der Waals surface area contributed by atoms with E-state index in [0.29, 0.717) is 12.1 Å². The second kappa shape index (κ2) is 5.09. The van der Waals surface area contributed by atoms with Crippen LogP contribution in [0.25, 0.3) is 11.0 Å². The molecule has 4 heteroatoms. The van der Waals surface area contributed by atoms with Crippen LogP contribution < -0.4 is 5.69 Å². The van der Waals surface area contributed by atoms with E-state index in [9.17, 15) is 4.79 Å². The lowest BCUT2D eigenvalue weighted by Crippen LogP contribution is -2.39. The molecule has 2 aromatic rings. The fourth-order valence-electron chi connectivity index (χ4n) is 3.52. The molecular weight excluding hydrogens is 250 g/mol. The number of hydrogen-bond donors (Lipinski definition) is 1. The van der Waals surface area contributed by atoms with Crippen molar-refractivity contribution in [1.29, 1.82) is 0 Å². The molecule has 0 aliphatic carbocycles. The van der Waals surface area contributed by atoms with Gasteiger partial charge in [-0.1, -0.05) is 12.1 Å². The number of nitrogens with one attached hydrogen (secondary N) is 1. The summed E-state index contributed by atoms with van der Waals surface area (Å²) in [4.78, 5) is 17.7. The Bertz CT molecular complexity index is 668. The van der Waals surface area contributed by atoms with E-state index >= 15 is 0 Å². The van der Waals surface area contributed by atoms with Crippen molar-refractivity contribution >= 4 is 11.0 Å². The van der Waals surface area contributed by atoms with Crippen molar-refractivity contribution in [3.63, 3.8) is 0 Å². The minimum Gasteiger partial charge on any atom is -0.306 e. The third-order valence-corrected chi connectivity index (χ3v) is 4.47. The second-order valence-electron chi connectivity index (χ2n) is 6.14. The Balaban J connectivity index is 1.99. The fourth-order valence-corrected chi connectivity index (χ4v) is 3.52. The Hall–Kier alpha value is -1.55. The van der Waals surface area contributed by atoms with Crippen molar-refractivity contribution in [3.05, 3.63) is 34.2 Å². The van der Waals surface area contributed by atoms with Gasteiger partial charge in [-0.05, 0) is 51.8 Å². The van der Waals surface area contributed by atoms with Crippen LogP contribution in [0.4, 0.5) is 0 Å². The molecule has 0 radical (unpaired) electrons. The molecule has 4 nitrogen and oxygen atoms in total. The van der Waals surface area contributed by atoms with Crippen LogP contribution in [-0.4, -0.2) is 33.1 Å². The Kier molecular flexibility index (Phi) is 3.42. The van der Waals surface area contributed by atoms with Gasteiger partial charge in [0.2, 0.25) is 0 Å². The quantitative estimate of drug-likeness (QED) is 0.933. The summed E-state index contributed by atoms with van der Waals surface area (Å²) >= 11 is 0. The predicted octanol–water partition coefficient (Wildman–Crippen LogP) is 2.51. The molecule has 1 atom stereocenters. The number of rotatable bonds is 3. The summed E-state index contributed by atoms with van der Waals surface area (Å²) in [5.41, 5.74) is 3.19. The molecule has 20 heavy (non-hydrogen) atoms. The Morgan fingerprint density at radius 3 is 2.95 bits per heavy atom. The molecule has 1 aromatic heterocycles. The van der Waals surface area contributed by atoms with E-state index in [1.165, 1.54) is 12.8 Å². The van der Waals surface area contributed by atoms with Crippen LogP contribution in [0.15, 0.2) is 23.0 Å². The molecule has 1 aliphatic rings. The number of benzene rings is 1. The first-order chi connectivity index (χ1) is 9.58. The number of aromatic nitrogens is 2. The van der Waals surface area contributed by atoms with Gasteiger partial charge in [-0.25, -0.2) is 4.79 Å². The molecule has 0 amide bonds. The number of hydrogen-bond acceptors (Lipinski definition) is 2. The van der Waals surface area contributed by atoms with Crippen molar-refractivity contribution in [3.8, 4) is 0 Å². The predicted molar refractivity (Wildman–Crippen MR) is 82.2 cm³/mol. The van der Waals surface area contributed by atoms with E-state index in [1.807, 2.05) is 16.7 Å². The van der Waals surface area contributed by atoms with Crippen LogP contribution in [0, 0.1) is 6.92 Å². The second-order valence-corrected chi connectivity index (χ2v) is 6.14. The highest BCUT2D eigenvalue weighted by atomic mass is 16.1. The van der Waals surface area contributed by atoms with E-state index in [2.05, 4.69) is 36.7 Å². The lowest BCUT2D eigenvalue weighted by Gasteiger charge is -2.28. The standard InChI is InChI=1S/C16H23N3O/c1-11(2)18-9-5-7-13(18)10-19-15-12(3)6-4-8-14(15)17-16(19)20/h4,6,8,11,13H,5,7,9-10H2,1-3H3,(H,17,20). The Labute approximate surface area is 119 Å². The maximum Gasteiger partial charge on any atom is 0.326 e. The number of fused-ring (bicyclic) bond motifs is 1. The van der Waals surface area contributed by atoms with Crippen LogP contribution >= 0.6 is 0 Å². The SMILES string of the molecule is Cc1cccc2[nH]c(=O)n(CC3CCCN3C(C)C)c12. The minimum absolute atomic E-state index is 0.0184. The molecule has 0 bridgehead atoms. The third kappa shape index (κ3) is 2.18. The summed E-state index contributed by atoms with van der Waals surface area (Å²) in [6.07, 6.45) is 2.42. The van der Waals surface area contributed by atoms with E-state index in [0.717, 1.165) is 29.7 Å². The highest BCUT2D eigenvalue weighted by Crippen LogP contribution is 2.23. The van der Waals surface area contributed by atoms with Gasteiger partial charge in [-0.15, -0.1) is 0 Å². The molecule has 0 saturated carbocycles. The van der Waals surface area contributed by atoms with Crippen LogP contribution in [0.5, 0.6) is 0 Å². The van der Waals surface area contributed by atoms with E-state index < -0.39 is 0 Å². The largest absolute Gasteiger partial charge is 0.326 e. The molecule has 1 N–H and O–H groups in total. The van der Waals surface area contributed by atoms with Gasteiger partial charge in [-0.2, -0.15) is 0 Å². The van der Waals surface area contributed by atoms with Gasteiger partial charge in [-0.3, -0.25) is 9.47 Å². The molecule has 1 unspecified atom stereocenters. The summed E-state index contributed by atoms with van der Waals surface area (Å²) in [6, 6.07) is 7.07. The zero-order valence-corrected chi connectivity index (χ0v) is 12.5. The molecule has 1 saturated heterocycles. The monoisotopic (exact) mass is 273 g/mol. The molecule has 1 aliphatic heterocycles. The smallest absolute Gasteiger partial charge is 0.306 e. The molecule has 1 fully saturated rings. The van der Waals surface area contributed by atoms with Crippen LogP contribution in [0.2, 0.25) is 0 Å². The lowest BCUT2D eigenvalue weighted by molar-refractivity contribution is 0.187. The number of nitrogens with zero attached hydrogens (tertiary/aromatic N) is 2. The number of H-pyrrole nitrogens is 1. The first-order valence-corrected chi connectivity index (χ1v) is 7.52. The zero-order valence-electron chi connectivity index (χ0n) is 12.5. The topological polar surface area (TPSA) is 41.0 Å². The molecule has 3 rings (SSSR count). The Morgan fingerprint density at radius 2 is 2.20 bits per heavy atom. The third-order valence-electron chi connectivity index (χ3n) is 4.47. The summed E-state index contributed by atoms with van der Waals surface area (Å²) in [6.45, 7) is 8.49. The average molecular weight is 273 g/mol. The lowest BCUT2D eigenvalue weighted by atomic mass is 10.1. The number of aromatic amines is 1. The number of likely N-dealkylation sites (tertiary alicyclic amines) is 1. The molecule has 1 aromatic carbocycles. The maximum absolute atomic E-state index is 12.2. The first-order valence-electron chi connectivity index (χ1n) is 7.52. The Morgan fingerprint density at radius 1 is 1.40 bits per heavy atom. The van der Waals surface area contributed by atoms with Crippen LogP contribution in [0.3, 0.4) is 0 Å². The first kappa shape index (κ1) is 13.4. The van der Waals surface area contributed by atoms with Gasteiger partial charge < -0.3 is 4.98 Å². The van der Waals surface area contributed by atoms with Crippen LogP contribution in [-0.2, 0) is 6.54 Å². The minimum atomic E-state index is 0.0184. The molecule has 108 valence electrons. The summed E-state index contributed by atoms with van der Waals surface area (Å²) in [5.74, 6) is 0. The van der Waals surface area contributed by atoms with Gasteiger partial charge in [0.15, 0.2) is 0 Å². The summed E-state index contributed by atoms with van der Waals surface area (Å²) < 4.78 is 1.93. The molecule has 2 heterocycles. The van der Waals surface area contributed by atoms with Gasteiger partial charge >= 0.3 is 5.69 Å². The zero-order chi connectivity index (χ0) is 14.3. The summed E-state index contributed by atoms with van der Waals surface area (Å²) in [7, 11) is 0.